The van der Waals surface area contributed by atoms with Gasteiger partial charge in [0, 0.05) is 12.5 Å². The van der Waals surface area contributed by atoms with Gasteiger partial charge in [-0.2, -0.15) is 0 Å². The van der Waals surface area contributed by atoms with Gasteiger partial charge in [-0.25, -0.2) is 9.97 Å². The molecule has 0 unspecified atom stereocenters. The number of nitrogens with one attached hydrogen (secondary N) is 1. The second-order valence-electron chi connectivity index (χ2n) is 4.08. The first-order valence-corrected chi connectivity index (χ1v) is 4.50. The van der Waals surface area contributed by atoms with Gasteiger partial charge >= 0.3 is 0 Å². The molecule has 14 heavy (non-hydrogen) atoms. The van der Waals surface area contributed by atoms with E-state index in [-0.39, 0.29) is 5.41 Å². The molecule has 4 heteroatoms. The van der Waals surface area contributed by atoms with E-state index in [1.54, 1.807) is 6.33 Å². The predicted octanol–water partition coefficient (Wildman–Crippen LogP) is 2.15. The third kappa shape index (κ3) is 1.89. The molecule has 0 bridgehead atoms. The number of aliphatic imine (C=N–C) groups is 1. The van der Waals surface area contributed by atoms with Gasteiger partial charge in [-0.3, -0.25) is 4.99 Å². The fraction of sp³-hybridized carbons (Fsp3) is 0.500. The Labute approximate surface area is 84.5 Å². The Hall–Kier alpha value is -1.45. The van der Waals surface area contributed by atoms with Crippen LogP contribution >= 0.6 is 0 Å². The minimum absolute atomic E-state index is 0.0505. The molecule has 0 radical (unpaired) electrons. The van der Waals surface area contributed by atoms with Crippen LogP contribution in [0.4, 0.5) is 11.5 Å². The van der Waals surface area contributed by atoms with Crippen molar-refractivity contribution in [3.8, 4) is 0 Å². The molecule has 0 amide bonds. The van der Waals surface area contributed by atoms with E-state index in [1.807, 2.05) is 7.05 Å². The van der Waals surface area contributed by atoms with Crippen molar-refractivity contribution in [1.29, 1.82) is 0 Å². The number of hydrogen-bond acceptors (Lipinski definition) is 4. The standard InChI is InChI=1S/C10H16N4/c1-10(2,3)8-7(11-4)9(12-5)14-6-13-8/h6H,4H2,1-3,5H3,(H,12,13,14). The van der Waals surface area contributed by atoms with Crippen LogP contribution in [-0.4, -0.2) is 23.7 Å². The zero-order valence-electron chi connectivity index (χ0n) is 9.13. The van der Waals surface area contributed by atoms with Crippen molar-refractivity contribution in [2.24, 2.45) is 4.99 Å². The zero-order valence-corrected chi connectivity index (χ0v) is 9.13. The van der Waals surface area contributed by atoms with Crippen molar-refractivity contribution in [3.05, 3.63) is 12.0 Å². The Morgan fingerprint density at radius 2 is 2.00 bits per heavy atom. The van der Waals surface area contributed by atoms with Gasteiger partial charge in [-0.1, -0.05) is 20.8 Å². The Balaban J connectivity index is 3.37. The minimum atomic E-state index is -0.0505. The predicted molar refractivity (Wildman–Crippen MR) is 59.5 cm³/mol. The van der Waals surface area contributed by atoms with Gasteiger partial charge in [0.2, 0.25) is 0 Å². The number of nitrogens with zero attached hydrogens (tertiary/aromatic N) is 3. The first-order chi connectivity index (χ1) is 6.50. The van der Waals surface area contributed by atoms with Gasteiger partial charge in [0.15, 0.2) is 5.82 Å². The maximum absolute atomic E-state index is 4.24. The molecule has 1 N–H and O–H groups in total. The van der Waals surface area contributed by atoms with E-state index in [1.165, 1.54) is 0 Å². The molecule has 0 saturated carbocycles. The molecule has 0 aromatic carbocycles. The lowest BCUT2D eigenvalue weighted by atomic mass is 9.90. The summed E-state index contributed by atoms with van der Waals surface area (Å²) < 4.78 is 0. The van der Waals surface area contributed by atoms with Gasteiger partial charge in [0.1, 0.15) is 12.0 Å². The average molecular weight is 192 g/mol. The summed E-state index contributed by atoms with van der Waals surface area (Å²) in [6.45, 7) is 9.80. The summed E-state index contributed by atoms with van der Waals surface area (Å²) in [4.78, 5) is 12.3. The molecule has 4 nitrogen and oxygen atoms in total. The summed E-state index contributed by atoms with van der Waals surface area (Å²) in [7, 11) is 1.81. The largest absolute Gasteiger partial charge is 0.371 e. The summed E-state index contributed by atoms with van der Waals surface area (Å²) >= 11 is 0. The molecule has 0 fully saturated rings. The average Bonchev–Trinajstić information content (AvgIpc) is 2.15. The van der Waals surface area contributed by atoms with Crippen LogP contribution < -0.4 is 5.32 Å². The molecule has 0 aliphatic rings. The van der Waals surface area contributed by atoms with E-state index < -0.39 is 0 Å². The Morgan fingerprint density at radius 3 is 2.43 bits per heavy atom. The van der Waals surface area contributed by atoms with Crippen LogP contribution in [0.1, 0.15) is 26.5 Å². The van der Waals surface area contributed by atoms with Gasteiger partial charge < -0.3 is 5.32 Å². The maximum Gasteiger partial charge on any atom is 0.155 e. The second kappa shape index (κ2) is 3.74. The molecule has 1 rings (SSSR count). The van der Waals surface area contributed by atoms with Crippen LogP contribution in [-0.2, 0) is 5.41 Å². The molecular weight excluding hydrogens is 176 g/mol. The van der Waals surface area contributed by atoms with Crippen molar-refractivity contribution in [1.82, 2.24) is 9.97 Å². The van der Waals surface area contributed by atoms with Crippen molar-refractivity contribution in [2.45, 2.75) is 26.2 Å². The molecule has 0 aliphatic carbocycles. The number of anilines is 1. The third-order valence-electron chi connectivity index (χ3n) is 1.93. The van der Waals surface area contributed by atoms with Crippen LogP contribution in [0.15, 0.2) is 11.3 Å². The van der Waals surface area contributed by atoms with Crippen LogP contribution in [0, 0.1) is 0 Å². The normalized spacial score (nSPS) is 11.1. The Morgan fingerprint density at radius 1 is 1.36 bits per heavy atom. The lowest BCUT2D eigenvalue weighted by Crippen LogP contribution is -2.15. The van der Waals surface area contributed by atoms with Crippen molar-refractivity contribution >= 4 is 18.2 Å². The fourth-order valence-corrected chi connectivity index (χ4v) is 1.26. The molecule has 0 aliphatic heterocycles. The van der Waals surface area contributed by atoms with E-state index in [9.17, 15) is 0 Å². The quantitative estimate of drug-likeness (QED) is 0.730. The maximum atomic E-state index is 4.24. The molecular formula is C10H16N4. The molecule has 76 valence electrons. The minimum Gasteiger partial charge on any atom is -0.371 e. The lowest BCUT2D eigenvalue weighted by molar-refractivity contribution is 0.569. The molecule has 1 aromatic heterocycles. The zero-order chi connectivity index (χ0) is 10.8. The van der Waals surface area contributed by atoms with E-state index in [2.05, 4.69) is 47.8 Å². The van der Waals surface area contributed by atoms with E-state index in [4.69, 9.17) is 0 Å². The summed E-state index contributed by atoms with van der Waals surface area (Å²) in [6, 6.07) is 0. The van der Waals surface area contributed by atoms with Crippen LogP contribution in [0.2, 0.25) is 0 Å². The SMILES string of the molecule is C=Nc1c(NC)ncnc1C(C)(C)C. The highest BCUT2D eigenvalue weighted by Crippen LogP contribution is 2.33. The highest BCUT2D eigenvalue weighted by atomic mass is 15.0. The van der Waals surface area contributed by atoms with Gasteiger partial charge in [-0.05, 0) is 6.72 Å². The number of hydrogen-bond donors (Lipinski definition) is 1. The smallest absolute Gasteiger partial charge is 0.155 e. The summed E-state index contributed by atoms with van der Waals surface area (Å²) in [5, 5.41) is 2.97. The van der Waals surface area contributed by atoms with Gasteiger partial charge in [0.25, 0.3) is 0 Å². The van der Waals surface area contributed by atoms with E-state index in [0.717, 1.165) is 17.2 Å². The van der Waals surface area contributed by atoms with Crippen LogP contribution in [0.3, 0.4) is 0 Å². The van der Waals surface area contributed by atoms with Crippen molar-refractivity contribution in [3.63, 3.8) is 0 Å². The summed E-state index contributed by atoms with van der Waals surface area (Å²) in [5.41, 5.74) is 1.60. The first-order valence-electron chi connectivity index (χ1n) is 4.50. The van der Waals surface area contributed by atoms with Crippen LogP contribution in [0.5, 0.6) is 0 Å². The fourth-order valence-electron chi connectivity index (χ4n) is 1.26. The summed E-state index contributed by atoms with van der Waals surface area (Å²) in [5.74, 6) is 0.722. The third-order valence-corrected chi connectivity index (χ3v) is 1.93. The Bertz CT molecular complexity index is 338. The van der Waals surface area contributed by atoms with Crippen molar-refractivity contribution in [2.75, 3.05) is 12.4 Å². The highest BCUT2D eigenvalue weighted by Gasteiger charge is 2.21. The van der Waals surface area contributed by atoms with Crippen molar-refractivity contribution < 1.29 is 0 Å². The van der Waals surface area contributed by atoms with E-state index >= 15 is 0 Å². The first kappa shape index (κ1) is 10.6. The van der Waals surface area contributed by atoms with Gasteiger partial charge in [0.05, 0.1) is 5.69 Å². The molecule has 0 saturated heterocycles. The Kier molecular flexibility index (Phi) is 2.84. The van der Waals surface area contributed by atoms with Crippen LogP contribution in [0.25, 0.3) is 0 Å². The lowest BCUT2D eigenvalue weighted by Gasteiger charge is -2.20. The molecule has 0 spiro atoms. The van der Waals surface area contributed by atoms with E-state index in [0.29, 0.717) is 0 Å². The monoisotopic (exact) mass is 192 g/mol. The molecule has 0 atom stereocenters. The summed E-state index contributed by atoms with van der Waals surface area (Å²) in [6.07, 6.45) is 1.54. The molecule has 1 heterocycles. The van der Waals surface area contributed by atoms with Gasteiger partial charge in [-0.15, -0.1) is 0 Å². The second-order valence-corrected chi connectivity index (χ2v) is 4.08. The number of rotatable bonds is 2. The number of aromatic nitrogens is 2. The topological polar surface area (TPSA) is 50.2 Å². The molecule has 1 aromatic rings. The highest BCUT2D eigenvalue weighted by molar-refractivity contribution is 5.66.